The Balaban J connectivity index is 3.19. The van der Waals surface area contributed by atoms with Crippen LogP contribution in [-0.2, 0) is 6.42 Å². The van der Waals surface area contributed by atoms with E-state index in [0.29, 0.717) is 6.42 Å². The summed E-state index contributed by atoms with van der Waals surface area (Å²) in [5.74, 6) is 1.05. The third-order valence-electron chi connectivity index (χ3n) is 2.14. The topological polar surface area (TPSA) is 52.3 Å². The van der Waals surface area contributed by atoms with E-state index in [1.807, 2.05) is 0 Å². The van der Waals surface area contributed by atoms with Crippen LogP contribution in [0.25, 0.3) is 0 Å². The molecule has 0 bridgehead atoms. The summed E-state index contributed by atoms with van der Waals surface area (Å²) in [4.78, 5) is 11.0. The van der Waals surface area contributed by atoms with E-state index in [1.165, 1.54) is 12.1 Å². The van der Waals surface area contributed by atoms with Crippen molar-refractivity contribution in [1.29, 1.82) is 0 Å². The zero-order valence-corrected chi connectivity index (χ0v) is 8.92. The summed E-state index contributed by atoms with van der Waals surface area (Å²) in [6.45, 7) is 1.71. The van der Waals surface area contributed by atoms with Crippen LogP contribution in [0.2, 0.25) is 0 Å². The van der Waals surface area contributed by atoms with Gasteiger partial charge in [0.1, 0.15) is 6.61 Å². The number of hydrogen-bond donors (Lipinski definition) is 1. The van der Waals surface area contributed by atoms with Gasteiger partial charge < -0.3 is 10.5 Å². The number of halogens is 1. The van der Waals surface area contributed by atoms with E-state index >= 15 is 0 Å². The van der Waals surface area contributed by atoms with E-state index < -0.39 is 11.7 Å². The van der Waals surface area contributed by atoms with Crippen molar-refractivity contribution in [2.45, 2.75) is 13.3 Å². The highest BCUT2D eigenvalue weighted by Crippen LogP contribution is 2.24. The first-order chi connectivity index (χ1) is 7.61. The minimum absolute atomic E-state index is 0.0179. The summed E-state index contributed by atoms with van der Waals surface area (Å²) in [6, 6.07) is 2.79. The predicted octanol–water partition coefficient (Wildman–Crippen LogP) is 1.50. The van der Waals surface area contributed by atoms with Crippen LogP contribution in [-0.4, -0.2) is 12.5 Å². The molecule has 0 aromatic heterocycles. The molecule has 0 aliphatic carbocycles. The number of terminal acetylenes is 1. The van der Waals surface area contributed by atoms with Gasteiger partial charge in [0.25, 0.3) is 0 Å². The molecule has 0 unspecified atom stereocenters. The maximum absolute atomic E-state index is 13.8. The van der Waals surface area contributed by atoms with Gasteiger partial charge in [-0.2, -0.15) is 0 Å². The lowest BCUT2D eigenvalue weighted by Crippen LogP contribution is -2.15. The average Bonchev–Trinajstić information content (AvgIpc) is 2.26. The maximum Gasteiger partial charge on any atom is 0.249 e. The first-order valence-electron chi connectivity index (χ1n) is 4.79. The van der Waals surface area contributed by atoms with Crippen LogP contribution in [0.5, 0.6) is 5.75 Å². The van der Waals surface area contributed by atoms with Gasteiger partial charge in [0.2, 0.25) is 5.91 Å². The molecule has 0 aliphatic rings. The summed E-state index contributed by atoms with van der Waals surface area (Å²) >= 11 is 0. The van der Waals surface area contributed by atoms with Gasteiger partial charge in [-0.25, -0.2) is 4.39 Å². The highest BCUT2D eigenvalue weighted by atomic mass is 19.1. The highest BCUT2D eigenvalue weighted by molar-refractivity contribution is 5.94. The molecule has 0 radical (unpaired) electrons. The van der Waals surface area contributed by atoms with Crippen molar-refractivity contribution in [3.8, 4) is 18.1 Å². The number of hydrogen-bond acceptors (Lipinski definition) is 2. The Labute approximate surface area is 93.4 Å². The Morgan fingerprint density at radius 1 is 1.62 bits per heavy atom. The SMILES string of the molecule is C#CCOc1ccc(C(N)=O)c(CC)c1F. The van der Waals surface area contributed by atoms with Crippen LogP contribution in [0.3, 0.4) is 0 Å². The van der Waals surface area contributed by atoms with Crippen molar-refractivity contribution >= 4 is 5.91 Å². The first-order valence-corrected chi connectivity index (χ1v) is 4.79. The van der Waals surface area contributed by atoms with Crippen LogP contribution < -0.4 is 10.5 Å². The molecule has 1 aromatic carbocycles. The van der Waals surface area contributed by atoms with Crippen LogP contribution in [0.4, 0.5) is 4.39 Å². The molecule has 16 heavy (non-hydrogen) atoms. The fourth-order valence-corrected chi connectivity index (χ4v) is 1.41. The Morgan fingerprint density at radius 2 is 2.31 bits per heavy atom. The fraction of sp³-hybridized carbons (Fsp3) is 0.250. The highest BCUT2D eigenvalue weighted by Gasteiger charge is 2.15. The van der Waals surface area contributed by atoms with Crippen molar-refractivity contribution in [1.82, 2.24) is 0 Å². The van der Waals surface area contributed by atoms with Crippen molar-refractivity contribution in [3.63, 3.8) is 0 Å². The molecule has 0 atom stereocenters. The molecule has 1 rings (SSSR count). The van der Waals surface area contributed by atoms with Crippen molar-refractivity contribution in [3.05, 3.63) is 29.1 Å². The van der Waals surface area contributed by atoms with E-state index in [4.69, 9.17) is 16.9 Å². The van der Waals surface area contributed by atoms with Crippen molar-refractivity contribution in [2.75, 3.05) is 6.61 Å². The molecule has 4 heteroatoms. The number of benzene rings is 1. The molecule has 1 aromatic rings. The minimum Gasteiger partial charge on any atom is -0.478 e. The van der Waals surface area contributed by atoms with Gasteiger partial charge in [0, 0.05) is 11.1 Å². The third kappa shape index (κ3) is 2.31. The zero-order chi connectivity index (χ0) is 12.1. The predicted molar refractivity (Wildman–Crippen MR) is 58.6 cm³/mol. The molecule has 1 amide bonds. The summed E-state index contributed by atoms with van der Waals surface area (Å²) in [5.41, 5.74) is 5.56. The molecule has 0 saturated carbocycles. The second-order valence-electron chi connectivity index (χ2n) is 3.11. The zero-order valence-electron chi connectivity index (χ0n) is 8.92. The second-order valence-corrected chi connectivity index (χ2v) is 3.11. The van der Waals surface area contributed by atoms with Gasteiger partial charge >= 0.3 is 0 Å². The summed E-state index contributed by atoms with van der Waals surface area (Å²) in [6.07, 6.45) is 5.36. The van der Waals surface area contributed by atoms with Gasteiger partial charge in [0.15, 0.2) is 11.6 Å². The Hall–Kier alpha value is -2.02. The Morgan fingerprint density at radius 3 is 2.81 bits per heavy atom. The van der Waals surface area contributed by atoms with E-state index in [2.05, 4.69) is 5.92 Å². The molecular formula is C12H12FNO2. The summed E-state index contributed by atoms with van der Waals surface area (Å²) in [5, 5.41) is 0. The number of carbonyl (C=O) groups is 1. The second kappa shape index (κ2) is 5.17. The van der Waals surface area contributed by atoms with Crippen LogP contribution in [0, 0.1) is 18.2 Å². The van der Waals surface area contributed by atoms with Crippen LogP contribution in [0.1, 0.15) is 22.8 Å². The Kier molecular flexibility index (Phi) is 3.90. The molecule has 0 spiro atoms. The lowest BCUT2D eigenvalue weighted by Gasteiger charge is -2.10. The van der Waals surface area contributed by atoms with E-state index in [-0.39, 0.29) is 23.5 Å². The molecule has 2 N–H and O–H groups in total. The van der Waals surface area contributed by atoms with Gasteiger partial charge in [-0.15, -0.1) is 6.42 Å². The maximum atomic E-state index is 13.8. The number of primary amides is 1. The normalized spacial score (nSPS) is 9.56. The first kappa shape index (κ1) is 12.1. The fourth-order valence-electron chi connectivity index (χ4n) is 1.41. The standard InChI is InChI=1S/C12H12FNO2/c1-3-7-16-10-6-5-9(12(14)15)8(4-2)11(10)13/h1,5-6H,4,7H2,2H3,(H2,14,15). The Bertz CT molecular complexity index is 449. The van der Waals surface area contributed by atoms with Gasteiger partial charge in [-0.3, -0.25) is 4.79 Å². The van der Waals surface area contributed by atoms with E-state index in [0.717, 1.165) is 0 Å². The van der Waals surface area contributed by atoms with E-state index in [1.54, 1.807) is 6.92 Å². The van der Waals surface area contributed by atoms with Crippen molar-refractivity contribution < 1.29 is 13.9 Å². The number of amides is 1. The number of nitrogens with two attached hydrogens (primary N) is 1. The smallest absolute Gasteiger partial charge is 0.249 e. The van der Waals surface area contributed by atoms with E-state index in [9.17, 15) is 9.18 Å². The lowest BCUT2D eigenvalue weighted by molar-refractivity contribution is 0.0999. The number of carbonyl (C=O) groups excluding carboxylic acids is 1. The number of rotatable bonds is 4. The quantitative estimate of drug-likeness (QED) is 0.783. The molecule has 3 nitrogen and oxygen atoms in total. The van der Waals surface area contributed by atoms with Gasteiger partial charge in [-0.1, -0.05) is 12.8 Å². The molecule has 0 heterocycles. The lowest BCUT2D eigenvalue weighted by atomic mass is 10.0. The molecular weight excluding hydrogens is 209 g/mol. The van der Waals surface area contributed by atoms with Gasteiger partial charge in [0.05, 0.1) is 0 Å². The van der Waals surface area contributed by atoms with Gasteiger partial charge in [-0.05, 0) is 18.6 Å². The molecule has 0 saturated heterocycles. The third-order valence-corrected chi connectivity index (χ3v) is 2.14. The largest absolute Gasteiger partial charge is 0.478 e. The summed E-state index contributed by atoms with van der Waals surface area (Å²) in [7, 11) is 0. The van der Waals surface area contributed by atoms with Crippen LogP contribution in [0.15, 0.2) is 12.1 Å². The monoisotopic (exact) mass is 221 g/mol. The summed E-state index contributed by atoms with van der Waals surface area (Å²) < 4.78 is 18.8. The average molecular weight is 221 g/mol. The molecule has 0 aliphatic heterocycles. The minimum atomic E-state index is -0.653. The van der Waals surface area contributed by atoms with Crippen molar-refractivity contribution in [2.24, 2.45) is 5.73 Å². The number of ether oxygens (including phenoxy) is 1. The van der Waals surface area contributed by atoms with Crippen LogP contribution >= 0.6 is 0 Å². The molecule has 0 fully saturated rings. The molecule has 84 valence electrons.